The quantitative estimate of drug-likeness (QED) is 0.917. The Balaban J connectivity index is 1.75. The zero-order valence-electron chi connectivity index (χ0n) is 10.9. The normalized spacial score (nSPS) is 24.1. The van der Waals surface area contributed by atoms with Crippen molar-refractivity contribution in [3.05, 3.63) is 11.6 Å². The molecule has 1 unspecified atom stereocenters. The number of aliphatic carboxylic acids is 1. The number of carboxylic acid groups (broad SMARTS) is 1. The third kappa shape index (κ3) is 2.78. The van der Waals surface area contributed by atoms with Crippen LogP contribution in [0.5, 0.6) is 0 Å². The second-order valence-corrected chi connectivity index (χ2v) is 6.63. The van der Waals surface area contributed by atoms with Gasteiger partial charge in [0.25, 0.3) is 0 Å². The number of aryl methyl sites for hydroxylation is 1. The van der Waals surface area contributed by atoms with Crippen molar-refractivity contribution in [3.63, 3.8) is 0 Å². The van der Waals surface area contributed by atoms with Gasteiger partial charge >= 0.3 is 5.97 Å². The van der Waals surface area contributed by atoms with Crippen LogP contribution in [0.1, 0.15) is 43.3 Å². The maximum Gasteiger partial charge on any atom is 0.314 e. The highest BCUT2D eigenvalue weighted by atomic mass is 32.2. The van der Waals surface area contributed by atoms with E-state index in [1.807, 2.05) is 16.4 Å². The number of fused-ring (bicyclic) bond motifs is 1. The van der Waals surface area contributed by atoms with Gasteiger partial charge < -0.3 is 5.11 Å². The number of carbonyl (C=O) groups is 1. The summed E-state index contributed by atoms with van der Waals surface area (Å²) in [5.41, 5.74) is 0. The molecule has 1 atom stereocenters. The van der Waals surface area contributed by atoms with E-state index in [9.17, 15) is 9.90 Å². The highest BCUT2D eigenvalue weighted by Crippen LogP contribution is 2.28. The van der Waals surface area contributed by atoms with Crippen molar-refractivity contribution >= 4 is 17.7 Å². The summed E-state index contributed by atoms with van der Waals surface area (Å²) in [5, 5.41) is 13.7. The van der Waals surface area contributed by atoms with E-state index >= 15 is 0 Å². The van der Waals surface area contributed by atoms with E-state index in [2.05, 4.69) is 10.1 Å². The van der Waals surface area contributed by atoms with E-state index in [4.69, 9.17) is 0 Å². The van der Waals surface area contributed by atoms with E-state index in [1.165, 1.54) is 24.3 Å². The Bertz CT molecular complexity index is 468. The van der Waals surface area contributed by atoms with Gasteiger partial charge in [-0.25, -0.2) is 9.67 Å². The Kier molecular flexibility index (Phi) is 3.77. The van der Waals surface area contributed by atoms with Crippen molar-refractivity contribution in [2.24, 2.45) is 5.92 Å². The summed E-state index contributed by atoms with van der Waals surface area (Å²) in [6.07, 6.45) is 4.95. The number of carboxylic acids is 1. The Hall–Kier alpha value is -1.04. The van der Waals surface area contributed by atoms with Crippen LogP contribution in [0.3, 0.4) is 0 Å². The smallest absolute Gasteiger partial charge is 0.314 e. The van der Waals surface area contributed by atoms with Crippen molar-refractivity contribution in [1.82, 2.24) is 14.8 Å². The largest absolute Gasteiger partial charge is 0.481 e. The summed E-state index contributed by atoms with van der Waals surface area (Å²) in [7, 11) is 0. The van der Waals surface area contributed by atoms with E-state index in [-0.39, 0.29) is 0 Å². The van der Waals surface area contributed by atoms with E-state index in [0.717, 1.165) is 25.2 Å². The standard InChI is InChI=1S/C13H19N3O2S/c17-13(18)10-2-1-5-16-12(10)14-11(15-16)8-9-3-6-19-7-4-9/h9-10H,1-8H2,(H,17,18). The summed E-state index contributed by atoms with van der Waals surface area (Å²) < 4.78 is 1.81. The topological polar surface area (TPSA) is 68.0 Å². The van der Waals surface area contributed by atoms with Gasteiger partial charge in [0.1, 0.15) is 11.7 Å². The molecule has 0 spiro atoms. The molecule has 0 radical (unpaired) electrons. The van der Waals surface area contributed by atoms with Crippen LogP contribution < -0.4 is 0 Å². The second-order valence-electron chi connectivity index (χ2n) is 5.40. The molecule has 5 nitrogen and oxygen atoms in total. The predicted octanol–water partition coefficient (Wildman–Crippen LogP) is 1.93. The number of aromatic nitrogens is 3. The Morgan fingerprint density at radius 3 is 2.89 bits per heavy atom. The third-order valence-electron chi connectivity index (χ3n) is 4.03. The van der Waals surface area contributed by atoms with Crippen LogP contribution >= 0.6 is 11.8 Å². The van der Waals surface area contributed by atoms with Gasteiger partial charge in [-0.05, 0) is 43.1 Å². The van der Waals surface area contributed by atoms with E-state index < -0.39 is 11.9 Å². The monoisotopic (exact) mass is 281 g/mol. The van der Waals surface area contributed by atoms with Crippen LogP contribution in [-0.2, 0) is 17.8 Å². The van der Waals surface area contributed by atoms with Gasteiger partial charge in [-0.1, -0.05) is 0 Å². The highest BCUT2D eigenvalue weighted by molar-refractivity contribution is 7.99. The molecule has 1 saturated heterocycles. The molecule has 2 aliphatic rings. The molecule has 3 rings (SSSR count). The van der Waals surface area contributed by atoms with Gasteiger partial charge in [0.05, 0.1) is 0 Å². The SMILES string of the molecule is O=C(O)C1CCCn2nc(CC3CCSCC3)nc21. The number of hydrogen-bond acceptors (Lipinski definition) is 4. The summed E-state index contributed by atoms with van der Waals surface area (Å²) in [5.74, 6) is 3.42. The van der Waals surface area contributed by atoms with Crippen LogP contribution in [0.2, 0.25) is 0 Å². The third-order valence-corrected chi connectivity index (χ3v) is 5.08. The fourth-order valence-electron chi connectivity index (χ4n) is 2.93. The molecule has 104 valence electrons. The van der Waals surface area contributed by atoms with Gasteiger partial charge in [0.2, 0.25) is 0 Å². The minimum atomic E-state index is -0.769. The second kappa shape index (κ2) is 5.53. The van der Waals surface area contributed by atoms with Crippen molar-refractivity contribution in [2.75, 3.05) is 11.5 Å². The van der Waals surface area contributed by atoms with Crippen molar-refractivity contribution in [1.29, 1.82) is 0 Å². The van der Waals surface area contributed by atoms with Gasteiger partial charge in [-0.15, -0.1) is 0 Å². The first-order valence-electron chi connectivity index (χ1n) is 6.98. The zero-order chi connectivity index (χ0) is 13.2. The maximum absolute atomic E-state index is 11.2. The Morgan fingerprint density at radius 2 is 2.16 bits per heavy atom. The molecule has 2 aliphatic heterocycles. The van der Waals surface area contributed by atoms with Crippen LogP contribution in [0.4, 0.5) is 0 Å². The van der Waals surface area contributed by atoms with E-state index in [1.54, 1.807) is 0 Å². The van der Waals surface area contributed by atoms with Gasteiger partial charge in [-0.2, -0.15) is 16.9 Å². The number of hydrogen-bond donors (Lipinski definition) is 1. The maximum atomic E-state index is 11.2. The van der Waals surface area contributed by atoms with Gasteiger partial charge in [-0.3, -0.25) is 4.79 Å². The first-order chi connectivity index (χ1) is 9.24. The molecule has 0 saturated carbocycles. The van der Waals surface area contributed by atoms with Crippen LogP contribution in [0, 0.1) is 5.92 Å². The Morgan fingerprint density at radius 1 is 1.37 bits per heavy atom. The zero-order valence-corrected chi connectivity index (χ0v) is 11.7. The first kappa shape index (κ1) is 13.0. The van der Waals surface area contributed by atoms with Crippen molar-refractivity contribution in [2.45, 2.75) is 44.6 Å². The lowest BCUT2D eigenvalue weighted by Gasteiger charge is -2.19. The predicted molar refractivity (Wildman–Crippen MR) is 73.4 cm³/mol. The van der Waals surface area contributed by atoms with Crippen molar-refractivity contribution in [3.8, 4) is 0 Å². The van der Waals surface area contributed by atoms with Crippen LogP contribution in [0.25, 0.3) is 0 Å². The molecule has 1 aromatic rings. The fourth-order valence-corrected chi connectivity index (χ4v) is 4.13. The number of nitrogens with zero attached hydrogens (tertiary/aromatic N) is 3. The number of rotatable bonds is 3. The Labute approximate surface area is 116 Å². The average molecular weight is 281 g/mol. The molecule has 0 bridgehead atoms. The molecule has 6 heteroatoms. The molecule has 19 heavy (non-hydrogen) atoms. The molecular weight excluding hydrogens is 262 g/mol. The minimum Gasteiger partial charge on any atom is -0.481 e. The molecule has 0 aliphatic carbocycles. The average Bonchev–Trinajstić information content (AvgIpc) is 2.81. The number of thioether (sulfide) groups is 1. The summed E-state index contributed by atoms with van der Waals surface area (Å²) in [4.78, 5) is 15.7. The van der Waals surface area contributed by atoms with Gasteiger partial charge in [0, 0.05) is 13.0 Å². The highest BCUT2D eigenvalue weighted by Gasteiger charge is 2.30. The fraction of sp³-hybridized carbons (Fsp3) is 0.769. The molecule has 1 fully saturated rings. The summed E-state index contributed by atoms with van der Waals surface area (Å²) in [6, 6.07) is 0. The van der Waals surface area contributed by atoms with Crippen LogP contribution in [-0.4, -0.2) is 37.3 Å². The molecule has 1 N–H and O–H groups in total. The lowest BCUT2D eigenvalue weighted by atomic mass is 9.98. The molecule has 0 amide bonds. The lowest BCUT2D eigenvalue weighted by molar-refractivity contribution is -0.139. The molecule has 1 aromatic heterocycles. The van der Waals surface area contributed by atoms with Gasteiger partial charge in [0.15, 0.2) is 5.82 Å². The molecular formula is C13H19N3O2S. The molecule has 0 aromatic carbocycles. The van der Waals surface area contributed by atoms with E-state index in [0.29, 0.717) is 18.2 Å². The minimum absolute atomic E-state index is 0.461. The van der Waals surface area contributed by atoms with Crippen molar-refractivity contribution < 1.29 is 9.90 Å². The summed E-state index contributed by atoms with van der Waals surface area (Å²) in [6.45, 7) is 0.812. The first-order valence-corrected chi connectivity index (χ1v) is 8.13. The van der Waals surface area contributed by atoms with Crippen LogP contribution in [0.15, 0.2) is 0 Å². The summed E-state index contributed by atoms with van der Waals surface area (Å²) >= 11 is 2.02. The molecule has 3 heterocycles. The lowest BCUT2D eigenvalue weighted by Crippen LogP contribution is -2.22.